The molecule has 2 aromatic rings. The number of benzene rings is 1. The van der Waals surface area contributed by atoms with E-state index in [1.807, 2.05) is 42.9 Å². The van der Waals surface area contributed by atoms with Crippen molar-refractivity contribution in [1.29, 1.82) is 0 Å². The molecule has 3 N–H and O–H groups in total. The zero-order chi connectivity index (χ0) is 15.5. The van der Waals surface area contributed by atoms with E-state index in [-0.39, 0.29) is 18.0 Å². The van der Waals surface area contributed by atoms with Crippen LogP contribution in [0.2, 0.25) is 0 Å². The fourth-order valence-corrected chi connectivity index (χ4v) is 3.24. The van der Waals surface area contributed by atoms with E-state index in [9.17, 15) is 9.90 Å². The summed E-state index contributed by atoms with van der Waals surface area (Å²) in [7, 11) is 0. The lowest BCUT2D eigenvalue weighted by atomic mass is 10.0. The number of aliphatic hydroxyl groups excluding tert-OH is 1. The third-order valence-electron chi connectivity index (χ3n) is 3.91. The van der Waals surface area contributed by atoms with Crippen LogP contribution in [-0.2, 0) is 4.79 Å². The number of carbonyl (C=O) groups is 1. The molecule has 0 bridgehead atoms. The van der Waals surface area contributed by atoms with Crippen molar-refractivity contribution in [3.63, 3.8) is 0 Å². The second kappa shape index (κ2) is 6.56. The largest absolute Gasteiger partial charge is 0.392 e. The van der Waals surface area contributed by atoms with Gasteiger partial charge in [-0.3, -0.25) is 9.78 Å². The summed E-state index contributed by atoms with van der Waals surface area (Å²) in [5.41, 5.74) is 4.00. The van der Waals surface area contributed by atoms with Gasteiger partial charge in [0.25, 0.3) is 0 Å². The molecule has 1 aliphatic rings. The van der Waals surface area contributed by atoms with Crippen molar-refractivity contribution in [3.05, 3.63) is 41.5 Å². The molecule has 1 aromatic carbocycles. The number of nitrogens with zero attached hydrogens (tertiary/aromatic N) is 1. The quantitative estimate of drug-likeness (QED) is 0.802. The van der Waals surface area contributed by atoms with Crippen LogP contribution >= 0.6 is 11.3 Å². The van der Waals surface area contributed by atoms with Crippen molar-refractivity contribution in [3.8, 4) is 10.4 Å². The zero-order valence-electron chi connectivity index (χ0n) is 12.3. The smallest absolute Gasteiger partial charge is 0.237 e. The lowest BCUT2D eigenvalue weighted by Gasteiger charge is -2.17. The van der Waals surface area contributed by atoms with Crippen LogP contribution in [0.5, 0.6) is 0 Å². The number of aromatic nitrogens is 1. The van der Waals surface area contributed by atoms with Gasteiger partial charge in [-0.1, -0.05) is 24.3 Å². The van der Waals surface area contributed by atoms with Crippen molar-refractivity contribution >= 4 is 17.2 Å². The second-order valence-corrected chi connectivity index (χ2v) is 6.45. The van der Waals surface area contributed by atoms with E-state index in [1.165, 1.54) is 0 Å². The van der Waals surface area contributed by atoms with Crippen LogP contribution in [0, 0.1) is 0 Å². The molecule has 22 heavy (non-hydrogen) atoms. The van der Waals surface area contributed by atoms with Crippen molar-refractivity contribution < 1.29 is 9.90 Å². The first kappa shape index (κ1) is 15.1. The van der Waals surface area contributed by atoms with E-state index < -0.39 is 6.10 Å². The molecule has 1 aromatic heterocycles. The highest BCUT2D eigenvalue weighted by Gasteiger charge is 2.28. The number of aliphatic hydroxyl groups is 1. The monoisotopic (exact) mass is 317 g/mol. The summed E-state index contributed by atoms with van der Waals surface area (Å²) in [4.78, 5) is 17.3. The number of hydrogen-bond acceptors (Lipinski definition) is 5. The molecule has 2 heterocycles. The molecule has 3 rings (SSSR count). The second-order valence-electron chi connectivity index (χ2n) is 5.57. The minimum atomic E-state index is -0.426. The number of nitrogens with one attached hydrogen (secondary N) is 2. The van der Waals surface area contributed by atoms with Gasteiger partial charge in [-0.05, 0) is 24.5 Å². The van der Waals surface area contributed by atoms with Crippen LogP contribution in [0.1, 0.15) is 24.9 Å². The molecule has 0 radical (unpaired) electrons. The summed E-state index contributed by atoms with van der Waals surface area (Å²) >= 11 is 1.61. The third kappa shape index (κ3) is 3.35. The Hall–Kier alpha value is -1.76. The average molecular weight is 317 g/mol. The topological polar surface area (TPSA) is 74.2 Å². The first-order chi connectivity index (χ1) is 10.6. The van der Waals surface area contributed by atoms with E-state index in [2.05, 4.69) is 15.6 Å². The molecule has 5 nitrogen and oxygen atoms in total. The number of amides is 1. The molecule has 1 unspecified atom stereocenters. The number of rotatable bonds is 4. The predicted molar refractivity (Wildman–Crippen MR) is 86.5 cm³/mol. The predicted octanol–water partition coefficient (Wildman–Crippen LogP) is 1.71. The molecular weight excluding hydrogens is 298 g/mol. The molecule has 1 amide bonds. The normalized spacial score (nSPS) is 22.5. The van der Waals surface area contributed by atoms with E-state index in [1.54, 1.807) is 11.3 Å². The highest BCUT2D eigenvalue weighted by atomic mass is 32.1. The van der Waals surface area contributed by atoms with Gasteiger partial charge in [-0.15, -0.1) is 11.3 Å². The zero-order valence-corrected chi connectivity index (χ0v) is 13.1. The van der Waals surface area contributed by atoms with E-state index in [4.69, 9.17) is 0 Å². The first-order valence-electron chi connectivity index (χ1n) is 7.34. The Kier molecular flexibility index (Phi) is 4.52. The van der Waals surface area contributed by atoms with Gasteiger partial charge in [0.1, 0.15) is 0 Å². The fraction of sp³-hybridized carbons (Fsp3) is 0.375. The Bertz CT molecular complexity index is 627. The maximum atomic E-state index is 12.1. The van der Waals surface area contributed by atoms with Crippen LogP contribution in [0.25, 0.3) is 10.4 Å². The summed E-state index contributed by atoms with van der Waals surface area (Å²) in [5.74, 6) is -0.0596. The van der Waals surface area contributed by atoms with Gasteiger partial charge in [-0.25, -0.2) is 0 Å². The SMILES string of the molecule is CC(NC(=O)[C@@H]1C[C@@H](O)CN1)c1ccc(-c2cncs2)cc1. The molecule has 0 saturated carbocycles. The van der Waals surface area contributed by atoms with E-state index in [0.717, 1.165) is 16.0 Å². The first-order valence-corrected chi connectivity index (χ1v) is 8.22. The Morgan fingerprint density at radius 1 is 1.45 bits per heavy atom. The van der Waals surface area contributed by atoms with Crippen LogP contribution in [0.3, 0.4) is 0 Å². The summed E-state index contributed by atoms with van der Waals surface area (Å²) in [6.45, 7) is 2.45. The van der Waals surface area contributed by atoms with Crippen LogP contribution < -0.4 is 10.6 Å². The van der Waals surface area contributed by atoms with Crippen LogP contribution in [0.4, 0.5) is 0 Å². The molecule has 1 saturated heterocycles. The van der Waals surface area contributed by atoms with Crippen LogP contribution in [0.15, 0.2) is 36.0 Å². The average Bonchev–Trinajstić information content (AvgIpc) is 3.18. The van der Waals surface area contributed by atoms with Crippen LogP contribution in [-0.4, -0.2) is 34.7 Å². The molecular formula is C16H19N3O2S. The minimum absolute atomic E-state index is 0.0596. The van der Waals surface area contributed by atoms with Gasteiger partial charge >= 0.3 is 0 Å². The Morgan fingerprint density at radius 2 is 2.23 bits per heavy atom. The number of β-amino-alcohol motifs (C(OH)–C–C–N with tert-alkyl or cyclic N) is 1. The summed E-state index contributed by atoms with van der Waals surface area (Å²) in [5, 5.41) is 15.5. The third-order valence-corrected chi connectivity index (χ3v) is 4.73. The Balaban J connectivity index is 1.62. The molecule has 116 valence electrons. The lowest BCUT2D eigenvalue weighted by molar-refractivity contribution is -0.123. The maximum Gasteiger partial charge on any atom is 0.237 e. The number of carbonyl (C=O) groups excluding carboxylic acids is 1. The molecule has 0 aliphatic carbocycles. The summed E-state index contributed by atoms with van der Waals surface area (Å²) in [6, 6.07) is 7.77. The molecule has 0 spiro atoms. The Morgan fingerprint density at radius 3 is 2.82 bits per heavy atom. The molecule has 1 fully saturated rings. The molecule has 1 aliphatic heterocycles. The highest BCUT2D eigenvalue weighted by Crippen LogP contribution is 2.25. The van der Waals surface area contributed by atoms with Gasteiger partial charge in [0.2, 0.25) is 5.91 Å². The highest BCUT2D eigenvalue weighted by molar-refractivity contribution is 7.13. The number of hydrogen-bond donors (Lipinski definition) is 3. The van der Waals surface area contributed by atoms with Gasteiger partial charge in [0, 0.05) is 12.7 Å². The Labute approximate surface area is 133 Å². The van der Waals surface area contributed by atoms with E-state index >= 15 is 0 Å². The van der Waals surface area contributed by atoms with Gasteiger partial charge in [0.05, 0.1) is 28.6 Å². The molecule has 3 atom stereocenters. The van der Waals surface area contributed by atoms with Crippen molar-refractivity contribution in [2.24, 2.45) is 0 Å². The van der Waals surface area contributed by atoms with Gasteiger partial charge in [0.15, 0.2) is 0 Å². The fourth-order valence-electron chi connectivity index (χ4n) is 2.61. The standard InChI is InChI=1S/C16H19N3O2S/c1-10(19-16(21)14-6-13(20)7-18-14)11-2-4-12(5-3-11)15-8-17-9-22-15/h2-5,8-10,13-14,18,20H,6-7H2,1H3,(H,19,21)/t10?,13-,14+/m1/s1. The van der Waals surface area contributed by atoms with Gasteiger partial charge in [-0.2, -0.15) is 0 Å². The molecule has 6 heteroatoms. The number of thiazole rings is 1. The summed E-state index contributed by atoms with van der Waals surface area (Å²) < 4.78 is 0. The van der Waals surface area contributed by atoms with Crippen molar-refractivity contribution in [2.75, 3.05) is 6.54 Å². The van der Waals surface area contributed by atoms with Gasteiger partial charge < -0.3 is 15.7 Å². The summed E-state index contributed by atoms with van der Waals surface area (Å²) in [6.07, 6.45) is 1.90. The maximum absolute atomic E-state index is 12.1. The lowest BCUT2D eigenvalue weighted by Crippen LogP contribution is -2.41. The minimum Gasteiger partial charge on any atom is -0.392 e. The van der Waals surface area contributed by atoms with Crippen molar-refractivity contribution in [2.45, 2.75) is 31.5 Å². The van der Waals surface area contributed by atoms with Crippen molar-refractivity contribution in [1.82, 2.24) is 15.6 Å². The van der Waals surface area contributed by atoms with E-state index in [0.29, 0.717) is 13.0 Å².